The maximum absolute atomic E-state index is 13.6. The highest BCUT2D eigenvalue weighted by Crippen LogP contribution is 2.35. The Bertz CT molecular complexity index is 548. The molecule has 6 nitrogen and oxygen atoms in total. The molecule has 7 heteroatoms. The summed E-state index contributed by atoms with van der Waals surface area (Å²) in [6.07, 6.45) is 2.66. The smallest absolute Gasteiger partial charge is 0.250 e. The number of rotatable bonds is 4. The van der Waals surface area contributed by atoms with Crippen LogP contribution in [0.5, 0.6) is 5.88 Å². The van der Waals surface area contributed by atoms with Crippen molar-refractivity contribution in [3.63, 3.8) is 0 Å². The Morgan fingerprint density at radius 2 is 2.41 bits per heavy atom. The number of hydrogen-bond donors (Lipinski definition) is 0. The van der Waals surface area contributed by atoms with E-state index >= 15 is 0 Å². The molecule has 3 heterocycles. The molecular formula is C15H19FN2O4. The average Bonchev–Trinajstić information content (AvgIpc) is 2.47. The largest absolute Gasteiger partial charge is 0.472 e. The van der Waals surface area contributed by atoms with Gasteiger partial charge in [0.15, 0.2) is 5.82 Å². The van der Waals surface area contributed by atoms with Crippen molar-refractivity contribution in [2.45, 2.75) is 24.5 Å². The fraction of sp³-hybridized carbons (Fsp3) is 0.600. The number of nitrogens with zero attached hydrogens (tertiary/aromatic N) is 2. The average molecular weight is 310 g/mol. The van der Waals surface area contributed by atoms with E-state index in [1.54, 1.807) is 4.90 Å². The maximum atomic E-state index is 13.6. The van der Waals surface area contributed by atoms with Crippen molar-refractivity contribution < 1.29 is 23.4 Å². The molecule has 0 radical (unpaired) electrons. The van der Waals surface area contributed by atoms with Crippen LogP contribution in [0.2, 0.25) is 0 Å². The van der Waals surface area contributed by atoms with Crippen molar-refractivity contribution in [1.82, 2.24) is 9.88 Å². The summed E-state index contributed by atoms with van der Waals surface area (Å²) < 4.78 is 29.9. The molecule has 1 aromatic rings. The molecule has 0 saturated carbocycles. The zero-order valence-electron chi connectivity index (χ0n) is 12.5. The number of pyridine rings is 1. The van der Waals surface area contributed by atoms with Gasteiger partial charge in [-0.25, -0.2) is 9.37 Å². The quantitative estimate of drug-likeness (QED) is 0.830. The lowest BCUT2D eigenvalue weighted by Gasteiger charge is -2.52. The van der Waals surface area contributed by atoms with E-state index in [4.69, 9.17) is 14.2 Å². The first-order valence-electron chi connectivity index (χ1n) is 7.30. The van der Waals surface area contributed by atoms with Gasteiger partial charge in [0.05, 0.1) is 19.7 Å². The molecule has 2 aliphatic heterocycles. The number of ether oxygens (including phenoxy) is 3. The summed E-state index contributed by atoms with van der Waals surface area (Å²) in [5.74, 6) is -0.486. The zero-order valence-corrected chi connectivity index (χ0v) is 12.5. The summed E-state index contributed by atoms with van der Waals surface area (Å²) in [5.41, 5.74) is -0.377. The normalized spacial score (nSPS) is 23.2. The molecule has 0 aliphatic carbocycles. The van der Waals surface area contributed by atoms with Gasteiger partial charge in [-0.1, -0.05) is 0 Å². The predicted molar refractivity (Wildman–Crippen MR) is 75.0 cm³/mol. The lowest BCUT2D eigenvalue weighted by atomic mass is 9.84. The van der Waals surface area contributed by atoms with E-state index in [9.17, 15) is 9.18 Å². The summed E-state index contributed by atoms with van der Waals surface area (Å²) in [5, 5.41) is 0. The second-order valence-electron chi connectivity index (χ2n) is 5.74. The molecule has 0 bridgehead atoms. The minimum Gasteiger partial charge on any atom is -0.472 e. The molecule has 2 fully saturated rings. The van der Waals surface area contributed by atoms with E-state index in [1.165, 1.54) is 25.4 Å². The molecule has 3 rings (SSSR count). The van der Waals surface area contributed by atoms with Crippen LogP contribution in [-0.4, -0.2) is 60.9 Å². The van der Waals surface area contributed by atoms with Gasteiger partial charge in [-0.2, -0.15) is 0 Å². The van der Waals surface area contributed by atoms with E-state index in [-0.39, 0.29) is 30.1 Å². The first-order valence-corrected chi connectivity index (χ1v) is 7.30. The van der Waals surface area contributed by atoms with E-state index in [0.29, 0.717) is 32.5 Å². The molecule has 22 heavy (non-hydrogen) atoms. The van der Waals surface area contributed by atoms with E-state index in [2.05, 4.69) is 4.98 Å². The second kappa shape index (κ2) is 6.18. The van der Waals surface area contributed by atoms with Crippen molar-refractivity contribution in [3.05, 3.63) is 24.1 Å². The van der Waals surface area contributed by atoms with E-state index in [0.717, 1.165) is 0 Å². The molecule has 1 spiro atoms. The topological polar surface area (TPSA) is 60.9 Å². The molecule has 2 saturated heterocycles. The van der Waals surface area contributed by atoms with Gasteiger partial charge < -0.3 is 19.1 Å². The van der Waals surface area contributed by atoms with Crippen LogP contribution in [0.15, 0.2) is 18.3 Å². The number of carbonyl (C=O) groups is 1. The van der Waals surface area contributed by atoms with Crippen LogP contribution in [0.4, 0.5) is 4.39 Å². The van der Waals surface area contributed by atoms with Crippen LogP contribution >= 0.6 is 0 Å². The highest BCUT2D eigenvalue weighted by Gasteiger charge is 2.49. The van der Waals surface area contributed by atoms with Gasteiger partial charge in [-0.15, -0.1) is 0 Å². The highest BCUT2D eigenvalue weighted by molar-refractivity contribution is 5.78. The van der Waals surface area contributed by atoms with Crippen molar-refractivity contribution in [2.24, 2.45) is 0 Å². The first-order chi connectivity index (χ1) is 10.6. The van der Waals surface area contributed by atoms with Crippen LogP contribution in [0, 0.1) is 5.82 Å². The van der Waals surface area contributed by atoms with Gasteiger partial charge in [0.2, 0.25) is 5.91 Å². The molecule has 1 atom stereocenters. The fourth-order valence-electron chi connectivity index (χ4n) is 2.96. The van der Waals surface area contributed by atoms with Crippen LogP contribution in [-0.2, 0) is 14.3 Å². The van der Waals surface area contributed by atoms with Crippen LogP contribution in [0.3, 0.4) is 0 Å². The van der Waals surface area contributed by atoms with Gasteiger partial charge in [0, 0.05) is 26.1 Å². The molecule has 0 N–H and O–H groups in total. The van der Waals surface area contributed by atoms with Crippen molar-refractivity contribution in [2.75, 3.05) is 33.4 Å². The monoisotopic (exact) mass is 310 g/mol. The molecule has 120 valence electrons. The molecule has 1 amide bonds. The fourth-order valence-corrected chi connectivity index (χ4v) is 2.96. The van der Waals surface area contributed by atoms with Gasteiger partial charge in [-0.05, 0) is 12.1 Å². The SMILES string of the molecule is COCC(=O)N1CC2(C[C@H](Oc3ncccc3F)CCO2)C1. The Labute approximate surface area is 128 Å². The summed E-state index contributed by atoms with van der Waals surface area (Å²) in [7, 11) is 1.50. The van der Waals surface area contributed by atoms with Gasteiger partial charge in [0.1, 0.15) is 18.3 Å². The van der Waals surface area contributed by atoms with Crippen molar-refractivity contribution in [1.29, 1.82) is 0 Å². The third-order valence-corrected chi connectivity index (χ3v) is 4.03. The first kappa shape index (κ1) is 15.2. The zero-order chi connectivity index (χ0) is 15.6. The number of methoxy groups -OCH3 is 1. The maximum Gasteiger partial charge on any atom is 0.250 e. The van der Waals surface area contributed by atoms with Gasteiger partial charge in [0.25, 0.3) is 5.88 Å². The highest BCUT2D eigenvalue weighted by atomic mass is 19.1. The lowest BCUT2D eigenvalue weighted by Crippen LogP contribution is -2.68. The Morgan fingerprint density at radius 1 is 1.59 bits per heavy atom. The molecule has 0 aromatic carbocycles. The minimum atomic E-state index is -0.464. The standard InChI is InChI=1S/C15H19FN2O4/c1-20-8-13(19)18-9-15(10-18)7-11(4-6-21-15)22-14-12(16)3-2-5-17-14/h2-3,5,11H,4,6-10H2,1H3/t11-/m1/s1. The lowest BCUT2D eigenvalue weighted by molar-refractivity contribution is -0.195. The molecule has 1 aromatic heterocycles. The van der Waals surface area contributed by atoms with E-state index < -0.39 is 5.82 Å². The molecular weight excluding hydrogens is 291 g/mol. The van der Waals surface area contributed by atoms with Crippen LogP contribution in [0.25, 0.3) is 0 Å². The summed E-state index contributed by atoms with van der Waals surface area (Å²) in [6.45, 7) is 1.67. The second-order valence-corrected chi connectivity index (χ2v) is 5.74. The number of aromatic nitrogens is 1. The van der Waals surface area contributed by atoms with Crippen molar-refractivity contribution in [3.8, 4) is 5.88 Å². The number of amides is 1. The molecule has 0 unspecified atom stereocenters. The van der Waals surface area contributed by atoms with Crippen LogP contribution < -0.4 is 4.74 Å². The minimum absolute atomic E-state index is 0.0242. The molecule has 2 aliphatic rings. The Morgan fingerprint density at radius 3 is 3.14 bits per heavy atom. The van der Waals surface area contributed by atoms with Gasteiger partial charge in [-0.3, -0.25) is 4.79 Å². The summed E-state index contributed by atoms with van der Waals surface area (Å²) >= 11 is 0. The van der Waals surface area contributed by atoms with Crippen molar-refractivity contribution >= 4 is 5.91 Å². The predicted octanol–water partition coefficient (Wildman–Crippen LogP) is 1.01. The third kappa shape index (κ3) is 3.05. The van der Waals surface area contributed by atoms with Crippen LogP contribution in [0.1, 0.15) is 12.8 Å². The Balaban J connectivity index is 1.57. The number of hydrogen-bond acceptors (Lipinski definition) is 5. The third-order valence-electron chi connectivity index (χ3n) is 4.03. The van der Waals surface area contributed by atoms with E-state index in [1.807, 2.05) is 0 Å². The Hall–Kier alpha value is -1.73. The summed E-state index contributed by atoms with van der Waals surface area (Å²) in [6, 6.07) is 2.85. The summed E-state index contributed by atoms with van der Waals surface area (Å²) in [4.78, 5) is 17.3. The number of carbonyl (C=O) groups excluding carboxylic acids is 1. The number of halogens is 1. The Kier molecular flexibility index (Phi) is 4.26. The van der Waals surface area contributed by atoms with Gasteiger partial charge >= 0.3 is 0 Å². The number of likely N-dealkylation sites (tertiary alicyclic amines) is 1.